The number of rotatable bonds is 8. The van der Waals surface area contributed by atoms with Crippen molar-refractivity contribution in [1.82, 2.24) is 9.88 Å². The highest BCUT2D eigenvalue weighted by atomic mass is 32.2. The Bertz CT molecular complexity index is 764. The van der Waals surface area contributed by atoms with E-state index in [9.17, 15) is 9.59 Å². The second-order valence-corrected chi connectivity index (χ2v) is 12.5. The van der Waals surface area contributed by atoms with Gasteiger partial charge in [-0.2, -0.15) is 0 Å². The minimum Gasteiger partial charge on any atom is -0.481 e. The maximum Gasteiger partial charge on any atom is 0.324 e. The third-order valence-electron chi connectivity index (χ3n) is 6.27. The molecule has 2 fully saturated rings. The van der Waals surface area contributed by atoms with E-state index in [1.54, 1.807) is 6.20 Å². The summed E-state index contributed by atoms with van der Waals surface area (Å²) in [6.07, 6.45) is 13.0. The van der Waals surface area contributed by atoms with Crippen molar-refractivity contribution >= 4 is 40.2 Å². The molecular formula is C24H39N3O4S2. The summed E-state index contributed by atoms with van der Waals surface area (Å²) in [6, 6.07) is 0.470. The van der Waals surface area contributed by atoms with Gasteiger partial charge in [0, 0.05) is 17.8 Å². The van der Waals surface area contributed by atoms with Crippen LogP contribution in [0, 0.1) is 0 Å². The minimum absolute atomic E-state index is 0.0430. The normalized spacial score (nSPS) is 22.5. The quantitative estimate of drug-likeness (QED) is 0.319. The largest absolute Gasteiger partial charge is 0.481 e. The fourth-order valence-corrected chi connectivity index (χ4v) is 6.75. The number of aromatic nitrogens is 1. The van der Waals surface area contributed by atoms with Gasteiger partial charge in [0.1, 0.15) is 0 Å². The fraction of sp³-hybridized carbons (Fsp3) is 0.792. The van der Waals surface area contributed by atoms with Gasteiger partial charge in [-0.05, 0) is 59.3 Å². The van der Waals surface area contributed by atoms with Gasteiger partial charge in [-0.15, -0.1) is 11.8 Å². The zero-order valence-electron chi connectivity index (χ0n) is 20.2. The average Bonchev–Trinajstić information content (AvgIpc) is 3.00. The summed E-state index contributed by atoms with van der Waals surface area (Å²) in [4.78, 5) is 30.8. The maximum atomic E-state index is 13.5. The number of carbonyl (C=O) groups is 2. The molecule has 2 amide bonds. The van der Waals surface area contributed by atoms with Gasteiger partial charge in [-0.1, -0.05) is 37.0 Å². The molecule has 186 valence electrons. The van der Waals surface area contributed by atoms with E-state index in [1.807, 2.05) is 0 Å². The van der Waals surface area contributed by atoms with Crippen LogP contribution in [0.1, 0.15) is 91.4 Å². The molecule has 0 aliphatic heterocycles. The molecule has 0 bridgehead atoms. The van der Waals surface area contributed by atoms with E-state index in [0.717, 1.165) is 42.7 Å². The van der Waals surface area contributed by atoms with Gasteiger partial charge in [0.05, 0.1) is 28.5 Å². The smallest absolute Gasteiger partial charge is 0.324 e. The number of anilines is 1. The molecule has 0 aromatic carbocycles. The average molecular weight is 498 g/mol. The summed E-state index contributed by atoms with van der Waals surface area (Å²) < 4.78 is 7.14. The first-order chi connectivity index (χ1) is 15.7. The van der Waals surface area contributed by atoms with Crippen molar-refractivity contribution in [2.24, 2.45) is 0 Å². The highest BCUT2D eigenvalue weighted by Crippen LogP contribution is 2.34. The van der Waals surface area contributed by atoms with Gasteiger partial charge in [0.2, 0.25) is 0 Å². The lowest BCUT2D eigenvalue weighted by Crippen LogP contribution is -2.51. The first-order valence-corrected chi connectivity index (χ1v) is 14.1. The maximum absolute atomic E-state index is 13.5. The molecule has 2 aliphatic carbocycles. The Morgan fingerprint density at radius 3 is 2.36 bits per heavy atom. The molecule has 3 rings (SSSR count). The molecule has 2 N–H and O–H groups in total. The zero-order chi connectivity index (χ0) is 23.8. The number of carboxylic acid groups (broad SMARTS) is 1. The number of nitrogens with one attached hydrogen (secondary N) is 1. The summed E-state index contributed by atoms with van der Waals surface area (Å²) in [5.74, 6) is -0.305. The van der Waals surface area contributed by atoms with Crippen LogP contribution in [0.3, 0.4) is 0 Å². The molecule has 0 radical (unpaired) electrons. The summed E-state index contributed by atoms with van der Waals surface area (Å²) in [5.41, 5.74) is -0.138. The number of aliphatic carboxylic acids is 1. The van der Waals surface area contributed by atoms with Gasteiger partial charge in [0.25, 0.3) is 0 Å². The van der Waals surface area contributed by atoms with Crippen LogP contribution in [-0.4, -0.2) is 56.5 Å². The molecule has 1 heterocycles. The van der Waals surface area contributed by atoms with Crippen LogP contribution >= 0.6 is 23.1 Å². The number of thiazole rings is 1. The number of hydrogen-bond donors (Lipinski definition) is 2. The Kier molecular flexibility index (Phi) is 9.88. The molecular weight excluding hydrogens is 458 g/mol. The first-order valence-electron chi connectivity index (χ1n) is 12.3. The van der Waals surface area contributed by atoms with Crippen molar-refractivity contribution in [3.63, 3.8) is 0 Å². The van der Waals surface area contributed by atoms with Crippen LogP contribution < -0.4 is 5.32 Å². The van der Waals surface area contributed by atoms with Crippen LogP contribution in [0.5, 0.6) is 0 Å². The molecule has 33 heavy (non-hydrogen) atoms. The molecule has 2 saturated carbocycles. The van der Waals surface area contributed by atoms with Crippen LogP contribution in [0.4, 0.5) is 9.93 Å². The van der Waals surface area contributed by atoms with E-state index < -0.39 is 5.97 Å². The molecule has 0 atom stereocenters. The molecule has 2 aliphatic rings. The standard InChI is InChI=1S/C24H39N3O4S2/c1-24(2,3)31-19-12-10-18(11-13-19)27(17-8-6-4-5-7-9-17)23(30)26-22-25-16-21(33-22)32-15-14-20(28)29/h16-19H,4-15H2,1-3H3,(H,28,29)(H,25,26,30). The summed E-state index contributed by atoms with van der Waals surface area (Å²) in [6.45, 7) is 6.31. The minimum atomic E-state index is -0.804. The first kappa shape index (κ1) is 26.3. The molecule has 7 nitrogen and oxygen atoms in total. The Morgan fingerprint density at radius 2 is 1.76 bits per heavy atom. The number of ether oxygens (including phenoxy) is 1. The highest BCUT2D eigenvalue weighted by Gasteiger charge is 2.35. The van der Waals surface area contributed by atoms with Crippen molar-refractivity contribution in [2.45, 2.75) is 119 Å². The second-order valence-electron chi connectivity index (χ2n) is 10.1. The van der Waals surface area contributed by atoms with Gasteiger partial charge in [-0.25, -0.2) is 9.78 Å². The van der Waals surface area contributed by atoms with E-state index >= 15 is 0 Å². The SMILES string of the molecule is CC(C)(C)OC1CCC(N(C(=O)Nc2ncc(SCCC(=O)O)s2)C2CCCCCC2)CC1. The van der Waals surface area contributed by atoms with Crippen molar-refractivity contribution < 1.29 is 19.4 Å². The van der Waals surface area contributed by atoms with Gasteiger partial charge in [-0.3, -0.25) is 10.1 Å². The van der Waals surface area contributed by atoms with Crippen LogP contribution in [-0.2, 0) is 9.53 Å². The third-order valence-corrected chi connectivity index (χ3v) is 8.38. The van der Waals surface area contributed by atoms with Crippen molar-refractivity contribution in [1.29, 1.82) is 0 Å². The molecule has 0 spiro atoms. The molecule has 1 aromatic rings. The number of hydrogen-bond acceptors (Lipinski definition) is 6. The number of urea groups is 1. The van der Waals surface area contributed by atoms with E-state index in [4.69, 9.17) is 9.84 Å². The van der Waals surface area contributed by atoms with E-state index in [-0.39, 0.29) is 36.2 Å². The monoisotopic (exact) mass is 497 g/mol. The van der Waals surface area contributed by atoms with Crippen molar-refractivity contribution in [3.05, 3.63) is 6.20 Å². The predicted molar refractivity (Wildman–Crippen MR) is 134 cm³/mol. The molecule has 0 unspecified atom stereocenters. The van der Waals surface area contributed by atoms with Gasteiger partial charge >= 0.3 is 12.0 Å². The van der Waals surface area contributed by atoms with Crippen LogP contribution in [0.25, 0.3) is 0 Å². The molecule has 9 heteroatoms. The number of nitrogens with zero attached hydrogens (tertiary/aromatic N) is 2. The fourth-order valence-electron chi connectivity index (χ4n) is 4.89. The number of carbonyl (C=O) groups excluding carboxylic acids is 1. The van der Waals surface area contributed by atoms with Crippen LogP contribution in [0.2, 0.25) is 0 Å². The van der Waals surface area contributed by atoms with Crippen molar-refractivity contribution in [2.75, 3.05) is 11.1 Å². The second kappa shape index (κ2) is 12.4. The Balaban J connectivity index is 1.63. The van der Waals surface area contributed by atoms with Gasteiger partial charge in [0.15, 0.2) is 5.13 Å². The summed E-state index contributed by atoms with van der Waals surface area (Å²) >= 11 is 2.88. The molecule has 0 saturated heterocycles. The van der Waals surface area contributed by atoms with Crippen molar-refractivity contribution in [3.8, 4) is 0 Å². The third kappa shape index (κ3) is 8.76. The Hall–Kier alpha value is -1.32. The summed E-state index contributed by atoms with van der Waals surface area (Å²) in [7, 11) is 0. The van der Waals surface area contributed by atoms with E-state index in [2.05, 4.69) is 36.0 Å². The Labute approximate surface area is 206 Å². The topological polar surface area (TPSA) is 91.8 Å². The van der Waals surface area contributed by atoms with E-state index in [1.165, 1.54) is 48.8 Å². The van der Waals surface area contributed by atoms with Gasteiger partial charge < -0.3 is 14.7 Å². The lowest BCUT2D eigenvalue weighted by atomic mass is 9.89. The van der Waals surface area contributed by atoms with E-state index in [0.29, 0.717) is 10.9 Å². The lowest BCUT2D eigenvalue weighted by molar-refractivity contribution is -0.136. The highest BCUT2D eigenvalue weighted by molar-refractivity contribution is 8.01. The predicted octanol–water partition coefficient (Wildman–Crippen LogP) is 6.39. The molecule has 1 aromatic heterocycles. The summed E-state index contributed by atoms with van der Waals surface area (Å²) in [5, 5.41) is 12.5. The number of thioether (sulfide) groups is 1. The van der Waals surface area contributed by atoms with Crippen LogP contribution in [0.15, 0.2) is 10.4 Å². The number of carboxylic acids is 1. The lowest BCUT2D eigenvalue weighted by Gasteiger charge is -2.42. The number of amides is 2. The Morgan fingerprint density at radius 1 is 1.12 bits per heavy atom. The zero-order valence-corrected chi connectivity index (χ0v) is 21.8.